The van der Waals surface area contributed by atoms with Crippen LogP contribution in [0.2, 0.25) is 0 Å². The number of nitrogens with zero attached hydrogens (tertiary/aromatic N) is 4. The third-order valence-electron chi connectivity index (χ3n) is 10.3. The Morgan fingerprint density at radius 3 is 1.44 bits per heavy atom. The van der Waals surface area contributed by atoms with Gasteiger partial charge in [0, 0.05) is 155 Å². The third-order valence-corrected chi connectivity index (χ3v) is 12.8. The molecule has 6 aromatic heterocycles. The van der Waals surface area contributed by atoms with Crippen molar-refractivity contribution in [1.82, 2.24) is 19.9 Å². The first-order valence-electron chi connectivity index (χ1n) is 32.7. The largest absolute Gasteiger partial charge is 0.748 e. The molecule has 0 saturated carbocycles. The summed E-state index contributed by atoms with van der Waals surface area (Å²) < 4.78 is 152. The molecule has 0 aliphatic carbocycles. The van der Waals surface area contributed by atoms with E-state index in [-0.39, 0.29) is 92.3 Å². The van der Waals surface area contributed by atoms with Gasteiger partial charge in [0.2, 0.25) is 0 Å². The van der Waals surface area contributed by atoms with E-state index in [0.717, 1.165) is 89.7 Å². The predicted octanol–water partition coefficient (Wildman–Crippen LogP) is 14.2. The number of benzene rings is 6. The van der Waals surface area contributed by atoms with E-state index in [9.17, 15) is 0 Å². The van der Waals surface area contributed by atoms with Gasteiger partial charge in [0.1, 0.15) is 0 Å². The van der Waals surface area contributed by atoms with E-state index in [1.54, 1.807) is 72.1 Å². The Morgan fingerprint density at radius 2 is 0.977 bits per heavy atom. The van der Waals surface area contributed by atoms with Gasteiger partial charge in [-0.25, -0.2) is 8.42 Å². The molecule has 2 N–H and O–H groups in total. The smallest absolute Gasteiger partial charge is 0.0916 e. The third kappa shape index (κ3) is 25.3. The molecular formula is C70H60B3Ir2N4O5S3-4. The van der Waals surface area contributed by atoms with Crippen molar-refractivity contribution in [3.8, 4) is 81.1 Å². The molecule has 6 heterocycles. The number of rotatable bonds is 4. The van der Waals surface area contributed by atoms with Crippen LogP contribution in [-0.2, 0) is 50.3 Å². The Kier molecular flexibility index (Phi) is 25.0. The second-order valence-corrected chi connectivity index (χ2v) is 19.6. The van der Waals surface area contributed by atoms with E-state index in [1.165, 1.54) is 24.8 Å². The van der Waals surface area contributed by atoms with Crippen LogP contribution >= 0.6 is 22.7 Å². The van der Waals surface area contributed by atoms with Crippen molar-refractivity contribution in [2.75, 3.05) is 20.5 Å². The first-order valence-corrected chi connectivity index (χ1v) is 28.1. The number of aryl methyl sites for hydroxylation is 4. The molecule has 0 fully saturated rings. The summed E-state index contributed by atoms with van der Waals surface area (Å²) in [7, 11) is 8.08. The molecule has 0 atom stereocenters. The van der Waals surface area contributed by atoms with Crippen LogP contribution in [0.15, 0.2) is 201 Å². The van der Waals surface area contributed by atoms with Gasteiger partial charge in [-0.2, -0.15) is 11.3 Å². The predicted molar refractivity (Wildman–Crippen MR) is 359 cm³/mol. The number of aliphatic hydroxyl groups excluding tert-OH is 2. The fourth-order valence-corrected chi connectivity index (χ4v) is 9.46. The van der Waals surface area contributed by atoms with Gasteiger partial charge < -0.3 is 29.7 Å². The first-order chi connectivity index (χ1) is 47.7. The van der Waals surface area contributed by atoms with Crippen molar-refractivity contribution in [3.63, 3.8) is 0 Å². The van der Waals surface area contributed by atoms with Crippen LogP contribution in [0.4, 0.5) is 0 Å². The molecule has 0 aliphatic rings. The summed E-state index contributed by atoms with van der Waals surface area (Å²) in [5.74, 6) is 12.0. The van der Waals surface area contributed by atoms with E-state index < -0.39 is 37.5 Å². The fraction of sp³-hybridized carbons (Fsp3) is 0.114. The van der Waals surface area contributed by atoms with Gasteiger partial charge in [-0.3, -0.25) is 4.98 Å². The standard InChI is InChI=1S/C18H13NS.C18H12NS.2C12H10N.C7H4.CH4O3S.2CH4O.B3.2Ir/c2*1-12-9-10-16(19-11-12)15-7-4-6-14-13-5-2-3-8-17(13)20-18(14)15;2*1-10-7-8-12(13-9-10)11-5-3-2-4-6-11;1-3-5-7-6-4-2;1-5(2,3)4;2*1-2;1-3-2;;/h2-11H,1H3;2-6,8-11H,1H3;2*2-5,7-9H,1H3;1H,2H3;1H3,(H,2,3,4);2*2H,1H3;;;/q;3*-1;;;;;;;/p-1/i2*1D3,9D,10D;2*1D3;;;;;;;. The van der Waals surface area contributed by atoms with Crippen molar-refractivity contribution in [2.24, 2.45) is 0 Å². The number of aromatic nitrogens is 4. The molecule has 6 aromatic carbocycles. The van der Waals surface area contributed by atoms with Gasteiger partial charge in [-0.15, -0.1) is 113 Å². The van der Waals surface area contributed by atoms with Crippen molar-refractivity contribution >= 4 is 95.7 Å². The van der Waals surface area contributed by atoms with Gasteiger partial charge in [-0.05, 0) is 126 Å². The zero-order valence-electron chi connectivity index (χ0n) is 62.9. The molecule has 0 unspecified atom stereocenters. The average Bonchev–Trinajstić information content (AvgIpc) is 1.64. The van der Waals surface area contributed by atoms with E-state index in [0.29, 0.717) is 17.5 Å². The number of terminal acetylenes is 1. The molecule has 0 spiro atoms. The van der Waals surface area contributed by atoms with Crippen LogP contribution in [0.1, 0.15) is 51.1 Å². The molecule has 439 valence electrons. The maximum atomic E-state index is 9.08. The maximum absolute atomic E-state index is 9.08. The molecule has 12 rings (SSSR count). The Hall–Kier alpha value is -7.64. The van der Waals surface area contributed by atoms with Gasteiger partial charge in [-0.1, -0.05) is 108 Å². The Morgan fingerprint density at radius 1 is 0.540 bits per heavy atom. The van der Waals surface area contributed by atoms with Gasteiger partial charge in [0.05, 0.1) is 21.3 Å². The number of hydrogen-bond acceptors (Lipinski definition) is 11. The van der Waals surface area contributed by atoms with Gasteiger partial charge >= 0.3 is 0 Å². The Labute approximate surface area is 574 Å². The summed E-state index contributed by atoms with van der Waals surface area (Å²) in [5.41, 5.74) is 5.32. The normalized spacial score (nSPS) is 12.6. The summed E-state index contributed by atoms with van der Waals surface area (Å²) >= 11 is 3.19. The summed E-state index contributed by atoms with van der Waals surface area (Å²) in [6, 6.07) is 55.4. The summed E-state index contributed by atoms with van der Waals surface area (Å²) in [5, 5.41) is 18.4. The molecule has 0 aliphatic heterocycles. The number of fused-ring (bicyclic) bond motifs is 6. The molecule has 12 aromatic rings. The minimum absolute atomic E-state index is 0. The van der Waals surface area contributed by atoms with Crippen LogP contribution in [0.5, 0.6) is 0 Å². The van der Waals surface area contributed by atoms with Crippen LogP contribution in [0.3, 0.4) is 0 Å². The zero-order valence-corrected chi connectivity index (χ0v) is 54.1. The van der Waals surface area contributed by atoms with Gasteiger partial charge in [0.25, 0.3) is 0 Å². The van der Waals surface area contributed by atoms with E-state index in [2.05, 4.69) is 89.3 Å². The van der Waals surface area contributed by atoms with Crippen molar-refractivity contribution < 1.29 is 85.3 Å². The Bertz CT molecular complexity index is 4700. The minimum Gasteiger partial charge on any atom is -0.748 e. The zero-order chi connectivity index (χ0) is 75.5. The quantitative estimate of drug-likeness (QED) is 0.0760. The number of hydrogen-bond donors (Lipinski definition) is 2. The van der Waals surface area contributed by atoms with Crippen molar-refractivity contribution in [3.05, 3.63) is 241 Å². The van der Waals surface area contributed by atoms with Crippen LogP contribution in [-0.4, -0.2) is 86.1 Å². The average molecular weight is 1570 g/mol. The summed E-state index contributed by atoms with van der Waals surface area (Å²) in [4.78, 5) is 16.7. The number of aliphatic hydroxyl groups is 2. The maximum Gasteiger partial charge on any atom is 0.0916 e. The van der Waals surface area contributed by atoms with E-state index >= 15 is 0 Å². The monoisotopic (exact) mass is 1570 g/mol. The van der Waals surface area contributed by atoms with Crippen LogP contribution in [0, 0.1) is 81.6 Å². The summed E-state index contributed by atoms with van der Waals surface area (Å²) in [6.07, 6.45) is 10.6. The SMILES string of the molecule is C#CC#CC#CC.CO.CO.CS(=O)(=O)[O-].[2H]C([2H])([2H])c1ccc(-c2[c-]cccc2)nc1.[2H]C([2H])([2H])c1ccc(-c2[c-]cccc2)nc1.[2H]c1c(C([2H])([2H])[2H])cnc(-c2[c-]ccc3c2sc2ccccc23)c1[2H].[2H]c1c(C([2H])([2H])[2H])cnc(-c2cccc3c2sc2ccccc23)c1[2H].[B][B][B].[Ir].[Ir]. The van der Waals surface area contributed by atoms with E-state index in [4.69, 9.17) is 51.5 Å². The minimum atomic E-state index is -3.92. The first kappa shape index (κ1) is 52.5. The van der Waals surface area contributed by atoms with E-state index in [1.807, 2.05) is 103 Å². The van der Waals surface area contributed by atoms with Crippen molar-refractivity contribution in [1.29, 1.82) is 0 Å². The number of thiophene rings is 2. The molecule has 9 nitrogen and oxygen atoms in total. The summed E-state index contributed by atoms with van der Waals surface area (Å²) in [6.45, 7) is -7.36. The Balaban J connectivity index is 0.000000434. The molecule has 17 heteroatoms. The molecular weight excluding hydrogens is 1490 g/mol. The van der Waals surface area contributed by atoms with Crippen LogP contribution < -0.4 is 0 Å². The molecule has 87 heavy (non-hydrogen) atoms. The second-order valence-electron chi connectivity index (χ2n) is 16.1. The number of pyridine rings is 4. The molecule has 0 amide bonds. The van der Waals surface area contributed by atoms with Crippen LogP contribution in [0.25, 0.3) is 85.4 Å². The molecule has 0 saturated heterocycles. The van der Waals surface area contributed by atoms with Crippen molar-refractivity contribution in [2.45, 2.75) is 34.3 Å². The van der Waals surface area contributed by atoms with Gasteiger partial charge in [0.15, 0.2) is 0 Å². The fourth-order valence-electron chi connectivity index (χ4n) is 7.05. The molecule has 0 bridgehead atoms. The second kappa shape index (κ2) is 41.5. The molecule has 7 radical (unpaired) electrons. The topological polar surface area (TPSA) is 149 Å².